The van der Waals surface area contributed by atoms with E-state index in [1.54, 1.807) is 15.6 Å². The molecule has 1 saturated heterocycles. The predicted octanol–water partition coefficient (Wildman–Crippen LogP) is 0.724. The van der Waals surface area contributed by atoms with Crippen molar-refractivity contribution in [3.05, 3.63) is 59.2 Å². The number of hydrogen-bond donors (Lipinski definition) is 2. The van der Waals surface area contributed by atoms with Crippen LogP contribution in [0, 0.1) is 6.92 Å². The summed E-state index contributed by atoms with van der Waals surface area (Å²) in [5.41, 5.74) is 3.01. The van der Waals surface area contributed by atoms with Crippen LogP contribution in [-0.2, 0) is 13.0 Å². The fourth-order valence-electron chi connectivity index (χ4n) is 4.29. The van der Waals surface area contributed by atoms with Crippen molar-refractivity contribution in [2.75, 3.05) is 13.1 Å². The highest BCUT2D eigenvalue weighted by Gasteiger charge is 2.45. The second-order valence-corrected chi connectivity index (χ2v) is 7.71. The van der Waals surface area contributed by atoms with Gasteiger partial charge in [-0.25, -0.2) is 9.50 Å². The van der Waals surface area contributed by atoms with E-state index < -0.39 is 11.6 Å². The maximum atomic E-state index is 12.9. The van der Waals surface area contributed by atoms with Crippen molar-refractivity contribution >= 4 is 11.7 Å². The summed E-state index contributed by atoms with van der Waals surface area (Å²) in [5.74, 6) is 0.254. The van der Waals surface area contributed by atoms with Gasteiger partial charge in [-0.15, -0.1) is 5.10 Å². The number of nitrogens with one attached hydrogen (secondary N) is 1. The summed E-state index contributed by atoms with van der Waals surface area (Å²) < 4.78 is 1.56. The Balaban J connectivity index is 1.35. The van der Waals surface area contributed by atoms with Gasteiger partial charge in [0, 0.05) is 31.5 Å². The summed E-state index contributed by atoms with van der Waals surface area (Å²) in [4.78, 5) is 23.0. The summed E-state index contributed by atoms with van der Waals surface area (Å²) in [6.07, 6.45) is 2.44. The van der Waals surface area contributed by atoms with E-state index in [4.69, 9.17) is 0 Å². The van der Waals surface area contributed by atoms with E-state index >= 15 is 0 Å². The number of piperidine rings is 1. The maximum absolute atomic E-state index is 12.9. The lowest BCUT2D eigenvalue weighted by atomic mass is 9.76. The number of aliphatic hydroxyl groups excluding tert-OH is 1. The smallest absolute Gasteiger partial charge is 0.293 e. The molecule has 2 aliphatic heterocycles. The highest BCUT2D eigenvalue weighted by Crippen LogP contribution is 2.32. The van der Waals surface area contributed by atoms with Gasteiger partial charge in [-0.1, -0.05) is 24.3 Å². The molecule has 2 aliphatic rings. The van der Waals surface area contributed by atoms with E-state index in [9.17, 15) is 9.90 Å². The number of hydrogen-bond acceptors (Lipinski definition) is 6. The molecule has 0 saturated carbocycles. The van der Waals surface area contributed by atoms with Crippen molar-refractivity contribution in [1.29, 1.82) is 0 Å². The second kappa shape index (κ2) is 6.35. The van der Waals surface area contributed by atoms with Crippen LogP contribution in [0.4, 0.5) is 0 Å². The summed E-state index contributed by atoms with van der Waals surface area (Å²) in [7, 11) is 0. The van der Waals surface area contributed by atoms with Crippen molar-refractivity contribution in [3.8, 4) is 0 Å². The van der Waals surface area contributed by atoms with Gasteiger partial charge in [0.2, 0.25) is 5.82 Å². The lowest BCUT2D eigenvalue weighted by Crippen LogP contribution is -2.65. The Morgan fingerprint density at radius 3 is 2.89 bits per heavy atom. The van der Waals surface area contributed by atoms with E-state index in [0.29, 0.717) is 18.7 Å². The number of β-amino-alcohol motifs (C(OH)–C–C–N with tert-alkyl or cyclic N) is 1. The minimum Gasteiger partial charge on any atom is -0.389 e. The molecule has 0 radical (unpaired) electrons. The van der Waals surface area contributed by atoms with E-state index in [1.165, 1.54) is 11.1 Å². The number of carbonyl (C=O) groups is 1. The van der Waals surface area contributed by atoms with Crippen LogP contribution in [-0.4, -0.2) is 60.2 Å². The predicted molar refractivity (Wildman–Crippen MR) is 102 cm³/mol. The number of nitrogens with zero attached hydrogens (tertiary/aromatic N) is 5. The molecule has 28 heavy (non-hydrogen) atoms. The number of likely N-dealkylation sites (tertiary alicyclic amines) is 1. The van der Waals surface area contributed by atoms with Crippen LogP contribution < -0.4 is 5.32 Å². The van der Waals surface area contributed by atoms with Crippen LogP contribution in [0.15, 0.2) is 36.5 Å². The monoisotopic (exact) mass is 378 g/mol. The van der Waals surface area contributed by atoms with E-state index in [2.05, 4.69) is 32.5 Å². The number of rotatable bonds is 1. The minimum absolute atomic E-state index is 0.117. The molecular weight excluding hydrogens is 356 g/mol. The lowest BCUT2D eigenvalue weighted by molar-refractivity contribution is -0.0142. The molecule has 1 spiro atoms. The molecule has 0 bridgehead atoms. The van der Waals surface area contributed by atoms with Gasteiger partial charge >= 0.3 is 0 Å². The number of aromatic nitrogens is 4. The Labute approximate surface area is 162 Å². The molecule has 2 atom stereocenters. The number of aliphatic hydroxyl groups is 1. The van der Waals surface area contributed by atoms with Crippen molar-refractivity contribution in [1.82, 2.24) is 29.8 Å². The third kappa shape index (κ3) is 2.68. The summed E-state index contributed by atoms with van der Waals surface area (Å²) in [6.45, 7) is 3.43. The molecule has 8 heteroatoms. The number of carbonyl (C=O) groups excluding carboxylic acids is 1. The third-order valence-corrected chi connectivity index (χ3v) is 6.02. The Morgan fingerprint density at radius 2 is 2.11 bits per heavy atom. The van der Waals surface area contributed by atoms with E-state index in [1.807, 2.05) is 25.1 Å². The maximum Gasteiger partial charge on any atom is 0.293 e. The van der Waals surface area contributed by atoms with Crippen LogP contribution >= 0.6 is 0 Å². The lowest BCUT2D eigenvalue weighted by Gasteiger charge is -2.48. The highest BCUT2D eigenvalue weighted by atomic mass is 16.3. The van der Waals surface area contributed by atoms with Gasteiger partial charge in [0.1, 0.15) is 0 Å². The van der Waals surface area contributed by atoms with Gasteiger partial charge in [-0.3, -0.25) is 4.79 Å². The average molecular weight is 378 g/mol. The normalized spacial score (nSPS) is 24.5. The van der Waals surface area contributed by atoms with E-state index in [0.717, 1.165) is 18.7 Å². The summed E-state index contributed by atoms with van der Waals surface area (Å²) >= 11 is 0. The fourth-order valence-corrected chi connectivity index (χ4v) is 4.29. The van der Waals surface area contributed by atoms with Gasteiger partial charge in [0.15, 0.2) is 0 Å². The molecule has 2 N–H and O–H groups in total. The van der Waals surface area contributed by atoms with Crippen molar-refractivity contribution in [2.45, 2.75) is 38.0 Å². The molecule has 1 amide bonds. The number of benzene rings is 1. The van der Waals surface area contributed by atoms with Crippen LogP contribution in [0.25, 0.3) is 5.78 Å². The molecule has 1 fully saturated rings. The zero-order valence-electron chi connectivity index (χ0n) is 15.7. The summed E-state index contributed by atoms with van der Waals surface area (Å²) in [6, 6.07) is 10.1. The van der Waals surface area contributed by atoms with Crippen molar-refractivity contribution in [3.63, 3.8) is 0 Å². The number of fused-ring (bicyclic) bond motifs is 2. The third-order valence-electron chi connectivity index (χ3n) is 6.02. The largest absolute Gasteiger partial charge is 0.389 e. The highest BCUT2D eigenvalue weighted by molar-refractivity contribution is 5.91. The quantitative estimate of drug-likeness (QED) is 0.648. The van der Waals surface area contributed by atoms with E-state index in [-0.39, 0.29) is 18.3 Å². The molecule has 1 aromatic carbocycles. The first kappa shape index (κ1) is 17.3. The topological polar surface area (TPSA) is 95.7 Å². The van der Waals surface area contributed by atoms with Crippen LogP contribution in [0.1, 0.15) is 33.9 Å². The first-order chi connectivity index (χ1) is 13.6. The minimum atomic E-state index is -0.657. The van der Waals surface area contributed by atoms with Crippen molar-refractivity contribution in [2.24, 2.45) is 0 Å². The molecule has 0 unspecified atom stereocenters. The standard InChI is InChI=1S/C20H22N6O2/c1-13-6-8-21-19-23-17(24-26(13)19)18(28)25-9-7-20(16(27)12-25)10-14-4-2-3-5-15(14)11-22-20/h2-6,8,16,22,27H,7,9-12H2,1H3/t16-,20+/m1/s1. The molecular formula is C20H22N6O2. The fraction of sp³-hybridized carbons (Fsp3) is 0.400. The molecule has 5 rings (SSSR count). The SMILES string of the molecule is Cc1ccnc2nc(C(=O)N3CC[C@]4(Cc5ccccc5CN4)[C@H](O)C3)nn12. The first-order valence-corrected chi connectivity index (χ1v) is 9.53. The molecule has 8 nitrogen and oxygen atoms in total. The van der Waals surface area contributed by atoms with Crippen LogP contribution in [0.5, 0.6) is 0 Å². The zero-order chi connectivity index (χ0) is 19.3. The molecule has 4 heterocycles. The average Bonchev–Trinajstić information content (AvgIpc) is 3.15. The van der Waals surface area contributed by atoms with Gasteiger partial charge in [-0.05, 0) is 37.0 Å². The van der Waals surface area contributed by atoms with Crippen LogP contribution in [0.3, 0.4) is 0 Å². The first-order valence-electron chi connectivity index (χ1n) is 9.53. The number of amides is 1. The Hall–Kier alpha value is -2.84. The zero-order valence-corrected chi connectivity index (χ0v) is 15.7. The van der Waals surface area contributed by atoms with Gasteiger partial charge in [-0.2, -0.15) is 4.98 Å². The second-order valence-electron chi connectivity index (χ2n) is 7.71. The van der Waals surface area contributed by atoms with Crippen molar-refractivity contribution < 1.29 is 9.90 Å². The number of aryl methyl sites for hydroxylation is 1. The molecule has 3 aromatic rings. The Bertz CT molecular complexity index is 1060. The molecule has 144 valence electrons. The van der Waals surface area contributed by atoms with Gasteiger partial charge in [0.25, 0.3) is 11.7 Å². The van der Waals surface area contributed by atoms with Gasteiger partial charge < -0.3 is 15.3 Å². The molecule has 0 aliphatic carbocycles. The Kier molecular flexibility index (Phi) is 3.92. The van der Waals surface area contributed by atoms with Gasteiger partial charge in [0.05, 0.1) is 11.6 Å². The Morgan fingerprint density at radius 1 is 1.29 bits per heavy atom. The molecule has 2 aromatic heterocycles. The summed E-state index contributed by atoms with van der Waals surface area (Å²) in [5, 5.41) is 18.8. The van der Waals surface area contributed by atoms with Crippen LogP contribution in [0.2, 0.25) is 0 Å².